The Morgan fingerprint density at radius 2 is 1.58 bits per heavy atom. The predicted octanol–water partition coefficient (Wildman–Crippen LogP) is 3.87. The molecule has 0 fully saturated rings. The number of ether oxygens (including phenoxy) is 3. The number of methoxy groups -OCH3 is 3. The van der Waals surface area contributed by atoms with Gasteiger partial charge in [0.2, 0.25) is 5.75 Å². The van der Waals surface area contributed by atoms with Crippen LogP contribution in [0, 0.1) is 0 Å². The normalized spacial score (nSPS) is 10.7. The Balaban J connectivity index is 2.34. The number of H-pyrrole nitrogens is 1. The Morgan fingerprint density at radius 3 is 2.17 bits per heavy atom. The largest absolute Gasteiger partial charge is 0.493 e. The van der Waals surface area contributed by atoms with Crippen LogP contribution in [0.15, 0.2) is 41.2 Å². The quantitative estimate of drug-likeness (QED) is 0.779. The van der Waals surface area contributed by atoms with Crippen LogP contribution in [-0.2, 0) is 0 Å². The molecule has 0 saturated heterocycles. The van der Waals surface area contributed by atoms with Gasteiger partial charge in [-0.1, -0.05) is 23.7 Å². The topological polar surface area (TPSA) is 60.6 Å². The number of hydrogen-bond acceptors (Lipinski definition) is 4. The van der Waals surface area contributed by atoms with Crippen molar-refractivity contribution in [3.05, 3.63) is 51.6 Å². The Morgan fingerprint density at radius 1 is 0.917 bits per heavy atom. The van der Waals surface area contributed by atoms with Gasteiger partial charge in [0.1, 0.15) is 0 Å². The maximum Gasteiger partial charge on any atom is 0.205 e. The Kier molecular flexibility index (Phi) is 4.36. The number of hydrogen-bond donors (Lipinski definition) is 1. The monoisotopic (exact) mass is 345 g/mol. The second-order valence-corrected chi connectivity index (χ2v) is 5.56. The lowest BCUT2D eigenvalue weighted by Crippen LogP contribution is -2.06. The van der Waals surface area contributed by atoms with E-state index in [4.69, 9.17) is 25.8 Å². The first-order valence-corrected chi connectivity index (χ1v) is 7.58. The highest BCUT2D eigenvalue weighted by Crippen LogP contribution is 2.42. The summed E-state index contributed by atoms with van der Waals surface area (Å²) >= 11 is 5.92. The highest BCUT2D eigenvalue weighted by atomic mass is 35.5. The fourth-order valence-corrected chi connectivity index (χ4v) is 2.77. The number of rotatable bonds is 4. The summed E-state index contributed by atoms with van der Waals surface area (Å²) in [6.45, 7) is 0. The number of aromatic amines is 1. The number of fused-ring (bicyclic) bond motifs is 1. The van der Waals surface area contributed by atoms with Crippen LogP contribution in [0.1, 0.15) is 0 Å². The molecule has 0 bridgehead atoms. The first kappa shape index (κ1) is 16.2. The van der Waals surface area contributed by atoms with E-state index in [9.17, 15) is 4.79 Å². The van der Waals surface area contributed by atoms with Gasteiger partial charge in [0.05, 0.1) is 32.2 Å². The summed E-state index contributed by atoms with van der Waals surface area (Å²) in [6, 6.07) is 10.4. The Bertz CT molecular complexity index is 948. The third-order valence-corrected chi connectivity index (χ3v) is 4.04. The number of aromatic nitrogens is 1. The molecule has 0 spiro atoms. The van der Waals surface area contributed by atoms with Gasteiger partial charge >= 0.3 is 0 Å². The molecule has 1 heterocycles. The number of nitrogens with one attached hydrogen (secondary N) is 1. The molecule has 0 unspecified atom stereocenters. The highest BCUT2D eigenvalue weighted by molar-refractivity contribution is 6.30. The molecule has 0 aliphatic carbocycles. The van der Waals surface area contributed by atoms with Crippen LogP contribution in [-0.4, -0.2) is 26.3 Å². The lowest BCUT2D eigenvalue weighted by molar-refractivity contribution is 0.327. The van der Waals surface area contributed by atoms with Gasteiger partial charge in [-0.25, -0.2) is 0 Å². The lowest BCUT2D eigenvalue weighted by Gasteiger charge is -2.15. The van der Waals surface area contributed by atoms with Gasteiger partial charge in [-0.05, 0) is 23.8 Å². The van der Waals surface area contributed by atoms with Crippen LogP contribution in [0.5, 0.6) is 17.2 Å². The van der Waals surface area contributed by atoms with Crippen molar-refractivity contribution in [2.75, 3.05) is 21.3 Å². The van der Waals surface area contributed by atoms with Crippen molar-refractivity contribution in [3.8, 4) is 28.5 Å². The number of pyridine rings is 1. The van der Waals surface area contributed by atoms with Crippen LogP contribution in [0.4, 0.5) is 0 Å². The zero-order valence-electron chi connectivity index (χ0n) is 13.5. The van der Waals surface area contributed by atoms with Crippen molar-refractivity contribution in [2.24, 2.45) is 0 Å². The van der Waals surface area contributed by atoms with Gasteiger partial charge in [0.25, 0.3) is 0 Å². The molecule has 0 aliphatic rings. The molecule has 0 amide bonds. The summed E-state index contributed by atoms with van der Waals surface area (Å²) in [5.74, 6) is 1.28. The lowest BCUT2D eigenvalue weighted by atomic mass is 10.1. The Hall–Kier alpha value is -2.66. The van der Waals surface area contributed by atoms with E-state index in [1.54, 1.807) is 18.2 Å². The maximum atomic E-state index is 12.6. The Labute approximate surface area is 143 Å². The van der Waals surface area contributed by atoms with E-state index < -0.39 is 0 Å². The first-order valence-electron chi connectivity index (χ1n) is 7.21. The third-order valence-electron chi connectivity index (χ3n) is 3.79. The minimum atomic E-state index is -0.145. The second kappa shape index (κ2) is 6.45. The molecule has 124 valence electrons. The van der Waals surface area contributed by atoms with Crippen LogP contribution >= 0.6 is 11.6 Å². The van der Waals surface area contributed by atoms with E-state index in [0.717, 1.165) is 5.56 Å². The second-order valence-electron chi connectivity index (χ2n) is 5.12. The van der Waals surface area contributed by atoms with Gasteiger partial charge < -0.3 is 19.2 Å². The predicted molar refractivity (Wildman–Crippen MR) is 94.7 cm³/mol. The molecule has 2 aromatic carbocycles. The van der Waals surface area contributed by atoms with Crippen molar-refractivity contribution in [1.82, 2.24) is 4.98 Å². The highest BCUT2D eigenvalue weighted by Gasteiger charge is 2.18. The summed E-state index contributed by atoms with van der Waals surface area (Å²) in [4.78, 5) is 15.8. The van der Waals surface area contributed by atoms with Crippen LogP contribution in [0.25, 0.3) is 22.2 Å². The van der Waals surface area contributed by atoms with Crippen molar-refractivity contribution in [2.45, 2.75) is 0 Å². The fraction of sp³-hybridized carbons (Fsp3) is 0.167. The van der Waals surface area contributed by atoms with Gasteiger partial charge in [0, 0.05) is 16.8 Å². The van der Waals surface area contributed by atoms with Crippen molar-refractivity contribution in [3.63, 3.8) is 0 Å². The summed E-state index contributed by atoms with van der Waals surface area (Å²) in [6.07, 6.45) is 0. The third kappa shape index (κ3) is 2.67. The van der Waals surface area contributed by atoms with Gasteiger partial charge in [-0.3, -0.25) is 4.79 Å². The minimum Gasteiger partial charge on any atom is -0.493 e. The van der Waals surface area contributed by atoms with Crippen LogP contribution in [0.3, 0.4) is 0 Å². The SMILES string of the molecule is COc1cc2c(=O)cc(-c3ccc(Cl)cc3)[nH]c2c(OC)c1OC. The molecule has 6 heteroatoms. The van der Waals surface area contributed by atoms with Crippen LogP contribution < -0.4 is 19.6 Å². The minimum absolute atomic E-state index is 0.145. The average Bonchev–Trinajstić information content (AvgIpc) is 2.60. The number of benzene rings is 2. The summed E-state index contributed by atoms with van der Waals surface area (Å²) in [5.41, 5.74) is 1.91. The van der Waals surface area contributed by atoms with E-state index in [0.29, 0.717) is 38.9 Å². The maximum absolute atomic E-state index is 12.6. The smallest absolute Gasteiger partial charge is 0.205 e. The summed E-state index contributed by atoms with van der Waals surface area (Å²) in [5, 5.41) is 1.09. The molecule has 24 heavy (non-hydrogen) atoms. The van der Waals surface area contributed by atoms with E-state index in [1.807, 2.05) is 12.1 Å². The first-order chi connectivity index (χ1) is 11.6. The molecule has 3 rings (SSSR count). The zero-order chi connectivity index (χ0) is 17.3. The van der Waals surface area contributed by atoms with E-state index in [-0.39, 0.29) is 5.43 Å². The average molecular weight is 346 g/mol. The van der Waals surface area contributed by atoms with Gasteiger partial charge in [0.15, 0.2) is 16.9 Å². The molecule has 1 aromatic heterocycles. The molecular weight excluding hydrogens is 330 g/mol. The van der Waals surface area contributed by atoms with E-state index in [1.165, 1.54) is 27.4 Å². The molecule has 0 aliphatic heterocycles. The van der Waals surface area contributed by atoms with Crippen LogP contribution in [0.2, 0.25) is 5.02 Å². The molecule has 0 saturated carbocycles. The number of halogens is 1. The van der Waals surface area contributed by atoms with Crippen molar-refractivity contribution < 1.29 is 14.2 Å². The molecule has 3 aromatic rings. The summed E-state index contributed by atoms with van der Waals surface area (Å²) in [7, 11) is 4.55. The van der Waals surface area contributed by atoms with E-state index >= 15 is 0 Å². The molecule has 5 nitrogen and oxygen atoms in total. The summed E-state index contributed by atoms with van der Waals surface area (Å²) < 4.78 is 16.1. The van der Waals surface area contributed by atoms with Gasteiger partial charge in [-0.2, -0.15) is 0 Å². The van der Waals surface area contributed by atoms with Gasteiger partial charge in [-0.15, -0.1) is 0 Å². The molecule has 0 atom stereocenters. The molecular formula is C18H16ClNO4. The van der Waals surface area contributed by atoms with Crippen molar-refractivity contribution in [1.29, 1.82) is 0 Å². The fourth-order valence-electron chi connectivity index (χ4n) is 2.64. The zero-order valence-corrected chi connectivity index (χ0v) is 14.2. The van der Waals surface area contributed by atoms with E-state index in [2.05, 4.69) is 4.98 Å². The molecule has 1 N–H and O–H groups in total. The standard InChI is InChI=1S/C18H16ClNO4/c1-22-15-8-12-14(21)9-13(10-4-6-11(19)7-5-10)20-16(12)18(24-3)17(15)23-2/h4-9H,1-3H3,(H,20,21). The molecule has 0 radical (unpaired) electrons. The van der Waals surface area contributed by atoms with Crippen molar-refractivity contribution >= 4 is 22.5 Å².